The molecule has 0 aromatic carbocycles. The van der Waals surface area contributed by atoms with Crippen LogP contribution in [-0.2, 0) is 0 Å². The largest absolute Gasteiger partial charge is 0.329 e. The van der Waals surface area contributed by atoms with Gasteiger partial charge in [0.15, 0.2) is 0 Å². The molecule has 3 aliphatic rings. The van der Waals surface area contributed by atoms with E-state index < -0.39 is 0 Å². The van der Waals surface area contributed by atoms with E-state index in [1.807, 2.05) is 0 Å². The van der Waals surface area contributed by atoms with Gasteiger partial charge in [0.2, 0.25) is 0 Å². The fraction of sp³-hybridized carbons (Fsp3) is 1.00. The minimum Gasteiger partial charge on any atom is -0.329 e. The van der Waals surface area contributed by atoms with E-state index in [2.05, 4.69) is 10.2 Å². The molecule has 3 nitrogen and oxygen atoms in total. The van der Waals surface area contributed by atoms with E-state index in [0.717, 1.165) is 18.6 Å². The Morgan fingerprint density at radius 3 is 2.87 bits per heavy atom. The maximum absolute atomic E-state index is 6.02. The highest BCUT2D eigenvalue weighted by molar-refractivity contribution is 5.03. The fourth-order valence-corrected chi connectivity index (χ4v) is 3.37. The lowest BCUT2D eigenvalue weighted by Crippen LogP contribution is -2.60. The van der Waals surface area contributed by atoms with Gasteiger partial charge in [-0.25, -0.2) is 0 Å². The molecule has 2 heterocycles. The lowest BCUT2D eigenvalue weighted by molar-refractivity contribution is 0.109. The first-order valence-corrected chi connectivity index (χ1v) is 6.53. The molecule has 0 radical (unpaired) electrons. The summed E-state index contributed by atoms with van der Waals surface area (Å²) in [7, 11) is 0. The van der Waals surface area contributed by atoms with Crippen molar-refractivity contribution in [2.45, 2.75) is 56.1 Å². The topological polar surface area (TPSA) is 41.3 Å². The number of nitrogens with zero attached hydrogens (tertiary/aromatic N) is 1. The molecule has 0 spiro atoms. The van der Waals surface area contributed by atoms with Crippen LogP contribution in [0.2, 0.25) is 0 Å². The second-order valence-electron chi connectivity index (χ2n) is 5.69. The van der Waals surface area contributed by atoms with E-state index in [9.17, 15) is 0 Å². The van der Waals surface area contributed by atoms with Crippen LogP contribution in [0, 0.1) is 0 Å². The molecular weight excluding hydrogens is 186 g/mol. The van der Waals surface area contributed by atoms with Gasteiger partial charge < -0.3 is 16.0 Å². The molecule has 3 heteroatoms. The van der Waals surface area contributed by atoms with Gasteiger partial charge in [0.1, 0.15) is 0 Å². The number of rotatable bonds is 3. The van der Waals surface area contributed by atoms with Crippen LogP contribution in [-0.4, -0.2) is 42.2 Å². The molecule has 2 aliphatic heterocycles. The number of piperidine rings is 1. The van der Waals surface area contributed by atoms with Gasteiger partial charge in [0.25, 0.3) is 0 Å². The zero-order valence-electron chi connectivity index (χ0n) is 9.54. The number of hydrogen-bond donors (Lipinski definition) is 2. The summed E-state index contributed by atoms with van der Waals surface area (Å²) < 4.78 is 0. The molecule has 3 rings (SSSR count). The van der Waals surface area contributed by atoms with Gasteiger partial charge in [-0.2, -0.15) is 0 Å². The maximum atomic E-state index is 6.02. The average molecular weight is 209 g/mol. The monoisotopic (exact) mass is 209 g/mol. The Labute approximate surface area is 92.4 Å². The molecule has 0 aromatic heterocycles. The van der Waals surface area contributed by atoms with Crippen LogP contribution in [0.15, 0.2) is 0 Å². The van der Waals surface area contributed by atoms with Gasteiger partial charge in [-0.05, 0) is 45.1 Å². The molecule has 3 N–H and O–H groups in total. The second-order valence-corrected chi connectivity index (χ2v) is 5.69. The van der Waals surface area contributed by atoms with Crippen molar-refractivity contribution in [1.29, 1.82) is 0 Å². The second kappa shape index (κ2) is 3.72. The van der Waals surface area contributed by atoms with E-state index in [4.69, 9.17) is 5.73 Å². The first-order chi connectivity index (χ1) is 7.31. The molecule has 0 aromatic rings. The average Bonchev–Trinajstić information content (AvgIpc) is 2.94. The van der Waals surface area contributed by atoms with Crippen LogP contribution in [0.25, 0.3) is 0 Å². The summed E-state index contributed by atoms with van der Waals surface area (Å²) in [5, 5.41) is 3.82. The molecule has 0 bridgehead atoms. The van der Waals surface area contributed by atoms with Crippen LogP contribution in [0.1, 0.15) is 38.5 Å². The highest BCUT2D eigenvalue weighted by Crippen LogP contribution is 2.35. The van der Waals surface area contributed by atoms with Gasteiger partial charge in [-0.15, -0.1) is 0 Å². The summed E-state index contributed by atoms with van der Waals surface area (Å²) in [4.78, 5) is 2.67. The zero-order valence-corrected chi connectivity index (χ0v) is 9.54. The molecular formula is C12H23N3. The van der Waals surface area contributed by atoms with Crippen molar-refractivity contribution in [3.63, 3.8) is 0 Å². The Bertz CT molecular complexity index is 239. The highest BCUT2D eigenvalue weighted by Gasteiger charge is 2.42. The summed E-state index contributed by atoms with van der Waals surface area (Å²) in [5.74, 6) is 0. The van der Waals surface area contributed by atoms with Gasteiger partial charge >= 0.3 is 0 Å². The van der Waals surface area contributed by atoms with Crippen LogP contribution >= 0.6 is 0 Å². The number of fused-ring (bicyclic) bond motifs is 1. The van der Waals surface area contributed by atoms with Crippen molar-refractivity contribution in [2.24, 2.45) is 5.73 Å². The Morgan fingerprint density at radius 2 is 2.13 bits per heavy atom. The molecule has 1 aliphatic carbocycles. The van der Waals surface area contributed by atoms with Gasteiger partial charge in [0.05, 0.1) is 0 Å². The van der Waals surface area contributed by atoms with Gasteiger partial charge in [0, 0.05) is 30.7 Å². The Kier molecular flexibility index (Phi) is 2.49. The van der Waals surface area contributed by atoms with Crippen molar-refractivity contribution in [1.82, 2.24) is 10.2 Å². The van der Waals surface area contributed by atoms with E-state index >= 15 is 0 Å². The van der Waals surface area contributed by atoms with Crippen LogP contribution in [0.3, 0.4) is 0 Å². The third-order valence-electron chi connectivity index (χ3n) is 4.48. The first-order valence-electron chi connectivity index (χ1n) is 6.53. The third-order valence-corrected chi connectivity index (χ3v) is 4.48. The summed E-state index contributed by atoms with van der Waals surface area (Å²) in [5.41, 5.74) is 6.30. The first kappa shape index (κ1) is 10.1. The SMILES string of the molecule is NCC1(NC2CC2)CCN2CCCC2C1. The van der Waals surface area contributed by atoms with Crippen molar-refractivity contribution >= 4 is 0 Å². The molecule has 1 saturated carbocycles. The summed E-state index contributed by atoms with van der Waals surface area (Å²) in [6.45, 7) is 3.42. The number of nitrogens with one attached hydrogen (secondary N) is 1. The maximum Gasteiger partial charge on any atom is 0.0333 e. The van der Waals surface area contributed by atoms with E-state index in [1.54, 1.807) is 0 Å². The summed E-state index contributed by atoms with van der Waals surface area (Å²) >= 11 is 0. The fourth-order valence-electron chi connectivity index (χ4n) is 3.37. The summed E-state index contributed by atoms with van der Waals surface area (Å²) in [6, 6.07) is 1.62. The highest BCUT2D eigenvalue weighted by atomic mass is 15.2. The predicted octanol–water partition coefficient (Wildman–Crippen LogP) is 0.694. The number of nitrogens with two attached hydrogens (primary N) is 1. The normalized spacial score (nSPS) is 41.8. The Hall–Kier alpha value is -0.120. The Balaban J connectivity index is 1.67. The van der Waals surface area contributed by atoms with Crippen LogP contribution in [0.5, 0.6) is 0 Å². The lowest BCUT2D eigenvalue weighted by Gasteiger charge is -2.44. The lowest BCUT2D eigenvalue weighted by atomic mass is 9.83. The summed E-state index contributed by atoms with van der Waals surface area (Å²) in [6.07, 6.45) is 8.09. The quantitative estimate of drug-likeness (QED) is 0.719. The van der Waals surface area contributed by atoms with Crippen LogP contribution < -0.4 is 11.1 Å². The molecule has 15 heavy (non-hydrogen) atoms. The van der Waals surface area contributed by atoms with E-state index in [-0.39, 0.29) is 5.54 Å². The Morgan fingerprint density at radius 1 is 1.27 bits per heavy atom. The van der Waals surface area contributed by atoms with Crippen LogP contribution in [0.4, 0.5) is 0 Å². The smallest absolute Gasteiger partial charge is 0.0333 e. The van der Waals surface area contributed by atoms with Crippen molar-refractivity contribution in [3.05, 3.63) is 0 Å². The van der Waals surface area contributed by atoms with E-state index in [0.29, 0.717) is 0 Å². The number of hydrogen-bond acceptors (Lipinski definition) is 3. The van der Waals surface area contributed by atoms with Crippen molar-refractivity contribution < 1.29 is 0 Å². The molecule has 0 amide bonds. The minimum absolute atomic E-state index is 0.284. The molecule has 2 unspecified atom stereocenters. The predicted molar refractivity (Wildman–Crippen MR) is 61.8 cm³/mol. The molecule has 86 valence electrons. The third kappa shape index (κ3) is 1.93. The van der Waals surface area contributed by atoms with E-state index in [1.165, 1.54) is 51.6 Å². The van der Waals surface area contributed by atoms with Gasteiger partial charge in [-0.3, -0.25) is 0 Å². The zero-order chi connectivity index (χ0) is 10.3. The molecule has 3 fully saturated rings. The van der Waals surface area contributed by atoms with Crippen molar-refractivity contribution in [2.75, 3.05) is 19.6 Å². The molecule has 2 saturated heterocycles. The van der Waals surface area contributed by atoms with Gasteiger partial charge in [-0.1, -0.05) is 0 Å². The molecule has 2 atom stereocenters. The minimum atomic E-state index is 0.284. The van der Waals surface area contributed by atoms with Crippen molar-refractivity contribution in [3.8, 4) is 0 Å². The standard InChI is InChI=1S/C12H23N3/c13-9-12(14-10-3-4-10)5-7-15-6-1-2-11(15)8-12/h10-11,14H,1-9,13H2.